The van der Waals surface area contributed by atoms with Crippen LogP contribution in [0, 0.1) is 31.7 Å². The van der Waals surface area contributed by atoms with Gasteiger partial charge in [-0.25, -0.2) is 9.37 Å². The number of nitrogens with zero attached hydrogens (tertiary/aromatic N) is 3. The molecule has 0 aliphatic rings. The second-order valence-electron chi connectivity index (χ2n) is 9.75. The maximum Gasteiger partial charge on any atom is 0 e. The van der Waals surface area contributed by atoms with Gasteiger partial charge in [-0.2, -0.15) is 0 Å². The van der Waals surface area contributed by atoms with E-state index >= 15 is 0 Å². The molecule has 1 radical (unpaired) electrons. The number of halogens is 1. The molecule has 6 aromatic rings. The summed E-state index contributed by atoms with van der Waals surface area (Å²) in [6.07, 6.45) is 2.88. The fraction of sp³-hybridized carbons (Fsp3) is 0.156. The number of rotatable bonds is 3. The number of pyridine rings is 3. The van der Waals surface area contributed by atoms with Crippen LogP contribution in [0.2, 0.25) is 17.3 Å². The Hall–Kier alpha value is -3.19. The zero-order valence-electron chi connectivity index (χ0n) is 27.5. The van der Waals surface area contributed by atoms with Gasteiger partial charge in [0.05, 0.1) is 11.8 Å². The zero-order valence-corrected chi connectivity index (χ0v) is 26.0. The molecule has 0 saturated heterocycles. The van der Waals surface area contributed by atoms with Gasteiger partial charge in [0.1, 0.15) is 5.82 Å². The maximum atomic E-state index is 13.9. The monoisotopic (exact) mass is 762 g/mol. The van der Waals surface area contributed by atoms with Crippen molar-refractivity contribution in [3.63, 3.8) is 0 Å². The fourth-order valence-corrected chi connectivity index (χ4v) is 6.11. The van der Waals surface area contributed by atoms with E-state index in [1.807, 2.05) is 30.5 Å². The Kier molecular flexibility index (Phi) is 6.60. The van der Waals surface area contributed by atoms with Crippen molar-refractivity contribution in [2.75, 3.05) is 0 Å². The Morgan fingerprint density at radius 3 is 2.41 bits per heavy atom. The molecule has 0 saturated carbocycles. The summed E-state index contributed by atoms with van der Waals surface area (Å²) in [7, 11) is 0. The molecule has 39 heavy (non-hydrogen) atoms. The van der Waals surface area contributed by atoms with Gasteiger partial charge in [-0.1, -0.05) is 17.0 Å². The van der Waals surface area contributed by atoms with Crippen molar-refractivity contribution in [3.05, 3.63) is 108 Å². The van der Waals surface area contributed by atoms with Crippen LogP contribution in [-0.2, 0) is 20.1 Å². The molecule has 0 aliphatic heterocycles. The third-order valence-electron chi connectivity index (χ3n) is 6.02. The van der Waals surface area contributed by atoms with E-state index in [4.69, 9.17) is 12.6 Å². The number of aromatic nitrogens is 3. The van der Waals surface area contributed by atoms with Crippen LogP contribution in [-0.4, -0.2) is 28.2 Å². The van der Waals surface area contributed by atoms with E-state index in [0.717, 1.165) is 23.5 Å². The van der Waals surface area contributed by atoms with Gasteiger partial charge < -0.3 is 9.40 Å². The molecule has 0 amide bonds. The molecule has 0 atom stereocenters. The van der Waals surface area contributed by atoms with Crippen LogP contribution in [0.5, 0.6) is 0 Å². The Labute approximate surface area is 252 Å². The van der Waals surface area contributed by atoms with Crippen LogP contribution in [0.1, 0.15) is 19.5 Å². The topological polar surface area (TPSA) is 51.8 Å². The summed E-state index contributed by atoms with van der Waals surface area (Å²) >= 11 is -1.72. The molecule has 0 spiro atoms. The SMILES string of the molecule is [2H]C([2H])([2H])c1ccc2c(n1)oc1c(-c3cc(C([2H])([2H])[2H])c(F)cn3)[c-]ccc12.[CH3][Ge]([CH3])([CH3])[c]1ccc(-c2[c-]cccc2)nc1.[Ir]. The molecule has 4 aromatic heterocycles. The smallest absolute Gasteiger partial charge is 0 e. The van der Waals surface area contributed by atoms with Crippen molar-refractivity contribution in [1.29, 1.82) is 0 Å². The average Bonchev–Trinajstić information content (AvgIpc) is 3.35. The molecular formula is C32H28FGeIrN3O-2. The van der Waals surface area contributed by atoms with Gasteiger partial charge in [-0.3, -0.25) is 0 Å². The third-order valence-corrected chi connectivity index (χ3v) is 10.3. The van der Waals surface area contributed by atoms with Gasteiger partial charge in [0.15, 0.2) is 0 Å². The summed E-state index contributed by atoms with van der Waals surface area (Å²) in [5, 5.41) is 1.23. The van der Waals surface area contributed by atoms with Gasteiger partial charge >= 0.3 is 99.8 Å². The minimum absolute atomic E-state index is 0. The Morgan fingerprint density at radius 2 is 1.72 bits per heavy atom. The molecule has 6 rings (SSSR count). The molecule has 0 N–H and O–H groups in total. The van der Waals surface area contributed by atoms with Crippen LogP contribution < -0.4 is 4.40 Å². The number of hydrogen-bond acceptors (Lipinski definition) is 4. The summed E-state index contributed by atoms with van der Waals surface area (Å²) in [5.74, 6) is 6.21. The van der Waals surface area contributed by atoms with E-state index in [9.17, 15) is 4.39 Å². The molecule has 0 fully saturated rings. The second kappa shape index (κ2) is 11.9. The first-order valence-corrected chi connectivity index (χ1v) is 19.3. The standard InChI is InChI=1S/C18H12FN2O.C14H16GeN.Ir/c1-10-8-16(20-9-15(10)19)14-5-3-4-12-13-7-6-11(2)21-18(13)22-17(12)14;1-15(2,3)13-9-10-14(16-11-13)12-7-5-4-6-8-12;/h3-4,6-9H,1-2H3;4-7,9-11H,1-3H3;/q2*-1;/i1D3,2D3;;. The van der Waals surface area contributed by atoms with Gasteiger partial charge in [-0.05, 0) is 37.1 Å². The largest absolute Gasteiger partial charge is 0 e. The van der Waals surface area contributed by atoms with Gasteiger partial charge in [0.2, 0.25) is 5.71 Å². The van der Waals surface area contributed by atoms with E-state index in [1.54, 1.807) is 18.2 Å². The quantitative estimate of drug-likeness (QED) is 0.137. The molecule has 7 heteroatoms. The number of hydrogen-bond donors (Lipinski definition) is 0. The van der Waals surface area contributed by atoms with Gasteiger partial charge in [0, 0.05) is 39.4 Å². The molecule has 0 aliphatic carbocycles. The van der Waals surface area contributed by atoms with Crippen LogP contribution >= 0.6 is 0 Å². The normalized spacial score (nSPS) is 14.1. The number of furan rings is 1. The van der Waals surface area contributed by atoms with Crippen molar-refractivity contribution < 1.29 is 37.1 Å². The van der Waals surface area contributed by atoms with Gasteiger partial charge in [-0.15, -0.1) is 18.2 Å². The van der Waals surface area contributed by atoms with Crippen molar-refractivity contribution in [2.45, 2.75) is 31.0 Å². The van der Waals surface area contributed by atoms with E-state index in [2.05, 4.69) is 56.5 Å². The van der Waals surface area contributed by atoms with E-state index in [1.165, 1.54) is 10.5 Å². The van der Waals surface area contributed by atoms with Crippen LogP contribution in [0.4, 0.5) is 4.39 Å². The Bertz CT molecular complexity index is 1940. The molecule has 4 nitrogen and oxygen atoms in total. The summed E-state index contributed by atoms with van der Waals surface area (Å²) in [6, 6.07) is 25.9. The predicted molar refractivity (Wildman–Crippen MR) is 155 cm³/mol. The number of aryl methyl sites for hydroxylation is 2. The van der Waals surface area contributed by atoms with E-state index < -0.39 is 38.4 Å². The van der Waals surface area contributed by atoms with Crippen molar-refractivity contribution in [1.82, 2.24) is 15.0 Å². The Balaban J connectivity index is 0.000000231. The van der Waals surface area contributed by atoms with Crippen LogP contribution in [0.3, 0.4) is 0 Å². The first-order valence-electron chi connectivity index (χ1n) is 15.0. The van der Waals surface area contributed by atoms with Crippen molar-refractivity contribution in [2.24, 2.45) is 0 Å². The number of fused-ring (bicyclic) bond motifs is 3. The first kappa shape index (κ1) is 21.6. The molecule has 199 valence electrons. The summed E-state index contributed by atoms with van der Waals surface area (Å²) in [4.78, 5) is 12.6. The second-order valence-corrected chi connectivity index (χ2v) is 20.4. The number of benzene rings is 2. The molecule has 0 bridgehead atoms. The molecule has 0 unspecified atom stereocenters. The van der Waals surface area contributed by atoms with Crippen LogP contribution in [0.15, 0.2) is 83.5 Å². The third kappa shape index (κ3) is 6.35. The Morgan fingerprint density at radius 1 is 0.872 bits per heavy atom. The summed E-state index contributed by atoms with van der Waals surface area (Å²) < 4.78 is 66.0. The van der Waals surface area contributed by atoms with Gasteiger partial charge in [0.25, 0.3) is 0 Å². The molecule has 2 aromatic carbocycles. The zero-order chi connectivity index (χ0) is 31.9. The minimum atomic E-state index is -2.64. The maximum absolute atomic E-state index is 13.9. The molecular weight excluding hydrogens is 726 g/mol. The first-order chi connectivity index (χ1) is 20.6. The van der Waals surface area contributed by atoms with Crippen LogP contribution in [0.25, 0.3) is 44.6 Å². The molecule has 4 heterocycles. The van der Waals surface area contributed by atoms with E-state index in [-0.39, 0.29) is 37.2 Å². The summed E-state index contributed by atoms with van der Waals surface area (Å²) in [6.45, 7) is -5.02. The predicted octanol–water partition coefficient (Wildman–Crippen LogP) is 7.69. The summed E-state index contributed by atoms with van der Waals surface area (Å²) in [5.41, 5.74) is 2.46. The minimum Gasteiger partial charge on any atom is 0 e. The fourth-order valence-electron chi connectivity index (χ4n) is 3.94. The van der Waals surface area contributed by atoms with E-state index in [0.29, 0.717) is 21.9 Å². The average molecular weight is 760 g/mol. The van der Waals surface area contributed by atoms with Crippen molar-refractivity contribution in [3.8, 4) is 22.5 Å². The van der Waals surface area contributed by atoms with Crippen molar-refractivity contribution >= 4 is 39.7 Å².